The van der Waals surface area contributed by atoms with Crippen LogP contribution in [0.3, 0.4) is 0 Å². The molecule has 0 amide bonds. The third kappa shape index (κ3) is 2.48. The number of nitrogens with one attached hydrogen (secondary N) is 1. The summed E-state index contributed by atoms with van der Waals surface area (Å²) in [6.07, 6.45) is 0.784. The van der Waals surface area contributed by atoms with Crippen LogP contribution in [-0.4, -0.2) is 9.78 Å². The van der Waals surface area contributed by atoms with Crippen molar-refractivity contribution in [3.8, 4) is 0 Å². The van der Waals surface area contributed by atoms with Gasteiger partial charge in [0.15, 0.2) is 0 Å². The highest BCUT2D eigenvalue weighted by Crippen LogP contribution is 2.22. The van der Waals surface area contributed by atoms with Gasteiger partial charge in [-0.05, 0) is 18.6 Å². The Kier molecular flexibility index (Phi) is 3.87. The second-order valence-electron chi connectivity index (χ2n) is 4.02. The third-order valence-electron chi connectivity index (χ3n) is 2.82. The van der Waals surface area contributed by atoms with E-state index in [-0.39, 0.29) is 5.82 Å². The van der Waals surface area contributed by atoms with E-state index in [4.69, 9.17) is 11.6 Å². The fourth-order valence-corrected chi connectivity index (χ4v) is 2.16. The van der Waals surface area contributed by atoms with Crippen molar-refractivity contribution in [2.75, 3.05) is 5.32 Å². The first-order valence-electron chi connectivity index (χ1n) is 5.82. The van der Waals surface area contributed by atoms with Gasteiger partial charge >= 0.3 is 0 Å². The van der Waals surface area contributed by atoms with Crippen LogP contribution in [0.15, 0.2) is 24.3 Å². The van der Waals surface area contributed by atoms with Crippen LogP contribution in [0.1, 0.15) is 18.3 Å². The number of anilines is 1. The Morgan fingerprint density at radius 2 is 2.11 bits per heavy atom. The van der Waals surface area contributed by atoms with E-state index >= 15 is 0 Å². The number of rotatable bonds is 4. The molecule has 0 fully saturated rings. The van der Waals surface area contributed by atoms with Gasteiger partial charge in [0, 0.05) is 7.05 Å². The Hall–Kier alpha value is -1.55. The van der Waals surface area contributed by atoms with E-state index in [1.54, 1.807) is 22.9 Å². The minimum atomic E-state index is -0.272. The van der Waals surface area contributed by atoms with Crippen LogP contribution < -0.4 is 5.32 Å². The normalized spacial score (nSPS) is 10.7. The summed E-state index contributed by atoms with van der Waals surface area (Å²) in [4.78, 5) is 0. The van der Waals surface area contributed by atoms with Crippen LogP contribution in [0.4, 0.5) is 10.1 Å². The lowest BCUT2D eigenvalue weighted by molar-refractivity contribution is 0.629. The quantitative estimate of drug-likeness (QED) is 0.920. The number of benzene rings is 1. The van der Waals surface area contributed by atoms with Gasteiger partial charge in [-0.1, -0.05) is 30.7 Å². The van der Waals surface area contributed by atoms with Crippen molar-refractivity contribution < 1.29 is 4.39 Å². The van der Waals surface area contributed by atoms with Gasteiger partial charge in [-0.25, -0.2) is 4.39 Å². The minimum Gasteiger partial charge on any atom is -0.377 e. The second-order valence-corrected chi connectivity index (χ2v) is 4.40. The van der Waals surface area contributed by atoms with Crippen LogP contribution in [-0.2, 0) is 20.0 Å². The summed E-state index contributed by atoms with van der Waals surface area (Å²) in [6, 6.07) is 6.56. The standard InChI is InChI=1S/C13H15ClFN3/c1-3-10-13(14)12(18(2)17-10)8-16-11-7-5-4-6-9(11)15/h4-7,16H,3,8H2,1-2H3. The Balaban J connectivity index is 2.16. The second kappa shape index (κ2) is 5.40. The van der Waals surface area contributed by atoms with Crippen molar-refractivity contribution >= 4 is 17.3 Å². The summed E-state index contributed by atoms with van der Waals surface area (Å²) >= 11 is 6.22. The zero-order chi connectivity index (χ0) is 13.1. The predicted octanol–water partition coefficient (Wildman–Crippen LogP) is 3.39. The molecule has 0 radical (unpaired) electrons. The maximum absolute atomic E-state index is 13.4. The highest BCUT2D eigenvalue weighted by Gasteiger charge is 2.12. The molecule has 0 saturated heterocycles. The first-order valence-corrected chi connectivity index (χ1v) is 6.20. The minimum absolute atomic E-state index is 0.272. The number of aromatic nitrogens is 2. The number of nitrogens with zero attached hydrogens (tertiary/aromatic N) is 2. The van der Waals surface area contributed by atoms with Crippen molar-refractivity contribution in [2.45, 2.75) is 19.9 Å². The molecule has 0 unspecified atom stereocenters. The summed E-state index contributed by atoms with van der Waals surface area (Å²) in [7, 11) is 1.84. The van der Waals surface area contributed by atoms with Crippen molar-refractivity contribution in [3.63, 3.8) is 0 Å². The van der Waals surface area contributed by atoms with Crippen molar-refractivity contribution in [1.82, 2.24) is 9.78 Å². The van der Waals surface area contributed by atoms with Crippen molar-refractivity contribution in [3.05, 3.63) is 46.5 Å². The first-order chi connectivity index (χ1) is 8.63. The molecule has 5 heteroatoms. The molecule has 1 heterocycles. The van der Waals surface area contributed by atoms with Gasteiger partial charge in [0.1, 0.15) is 5.82 Å². The molecule has 0 spiro atoms. The fourth-order valence-electron chi connectivity index (χ4n) is 1.80. The molecule has 3 nitrogen and oxygen atoms in total. The first kappa shape index (κ1) is 12.9. The Morgan fingerprint density at radius 3 is 2.72 bits per heavy atom. The van der Waals surface area contributed by atoms with E-state index in [1.165, 1.54) is 6.07 Å². The highest BCUT2D eigenvalue weighted by atomic mass is 35.5. The van der Waals surface area contributed by atoms with E-state index in [1.807, 2.05) is 14.0 Å². The van der Waals surface area contributed by atoms with Crippen LogP contribution in [0.2, 0.25) is 5.02 Å². The lowest BCUT2D eigenvalue weighted by atomic mass is 10.2. The summed E-state index contributed by atoms with van der Waals surface area (Å²) in [5.74, 6) is -0.272. The van der Waals surface area contributed by atoms with Gasteiger partial charge in [0.25, 0.3) is 0 Å². The number of para-hydroxylation sites is 1. The molecule has 0 aliphatic carbocycles. The topological polar surface area (TPSA) is 29.9 Å². The largest absolute Gasteiger partial charge is 0.377 e. The zero-order valence-corrected chi connectivity index (χ0v) is 11.1. The molecule has 0 atom stereocenters. The van der Waals surface area contributed by atoms with Crippen LogP contribution in [0.5, 0.6) is 0 Å². The fraction of sp³-hybridized carbons (Fsp3) is 0.308. The van der Waals surface area contributed by atoms with Gasteiger partial charge in [0.05, 0.1) is 28.6 Å². The number of hydrogen-bond acceptors (Lipinski definition) is 2. The van der Waals surface area contributed by atoms with E-state index in [0.29, 0.717) is 17.3 Å². The summed E-state index contributed by atoms with van der Waals surface area (Å²) in [6.45, 7) is 2.45. The molecule has 2 rings (SSSR count). The summed E-state index contributed by atoms with van der Waals surface area (Å²) < 4.78 is 15.2. The Bertz CT molecular complexity index is 551. The van der Waals surface area contributed by atoms with E-state index < -0.39 is 0 Å². The van der Waals surface area contributed by atoms with Gasteiger partial charge in [-0.15, -0.1) is 0 Å². The van der Waals surface area contributed by atoms with E-state index in [0.717, 1.165) is 17.8 Å². The monoisotopic (exact) mass is 267 g/mol. The Labute approximate surface area is 111 Å². The average molecular weight is 268 g/mol. The SMILES string of the molecule is CCc1nn(C)c(CNc2ccccc2F)c1Cl. The molecule has 1 aromatic heterocycles. The molecule has 0 bridgehead atoms. The molecule has 1 aromatic carbocycles. The van der Waals surface area contributed by atoms with Gasteiger partial charge in [0.2, 0.25) is 0 Å². The number of hydrogen-bond donors (Lipinski definition) is 1. The molecular formula is C13H15ClFN3. The highest BCUT2D eigenvalue weighted by molar-refractivity contribution is 6.31. The predicted molar refractivity (Wildman–Crippen MR) is 71.3 cm³/mol. The Morgan fingerprint density at radius 1 is 1.39 bits per heavy atom. The van der Waals surface area contributed by atoms with Crippen molar-refractivity contribution in [1.29, 1.82) is 0 Å². The lowest BCUT2D eigenvalue weighted by Crippen LogP contribution is -2.06. The molecular weight excluding hydrogens is 253 g/mol. The smallest absolute Gasteiger partial charge is 0.146 e. The molecule has 0 saturated carbocycles. The molecule has 18 heavy (non-hydrogen) atoms. The lowest BCUT2D eigenvalue weighted by Gasteiger charge is -2.08. The van der Waals surface area contributed by atoms with E-state index in [9.17, 15) is 4.39 Å². The number of aryl methyl sites for hydroxylation is 2. The van der Waals surface area contributed by atoms with Gasteiger partial charge in [-0.2, -0.15) is 5.10 Å². The van der Waals surface area contributed by atoms with E-state index in [2.05, 4.69) is 10.4 Å². The maximum atomic E-state index is 13.4. The third-order valence-corrected chi connectivity index (χ3v) is 3.26. The number of halogens is 2. The van der Waals surface area contributed by atoms with Crippen LogP contribution in [0, 0.1) is 5.82 Å². The molecule has 0 aliphatic rings. The molecule has 96 valence electrons. The molecule has 2 aromatic rings. The molecule has 0 aliphatic heterocycles. The average Bonchev–Trinajstić information content (AvgIpc) is 2.64. The summed E-state index contributed by atoms with van der Waals surface area (Å²) in [5.41, 5.74) is 2.19. The van der Waals surface area contributed by atoms with Crippen LogP contribution >= 0.6 is 11.6 Å². The van der Waals surface area contributed by atoms with Gasteiger partial charge < -0.3 is 5.32 Å². The molecule has 1 N–H and O–H groups in total. The van der Waals surface area contributed by atoms with Crippen LogP contribution in [0.25, 0.3) is 0 Å². The van der Waals surface area contributed by atoms with Gasteiger partial charge in [-0.3, -0.25) is 4.68 Å². The zero-order valence-electron chi connectivity index (χ0n) is 10.4. The van der Waals surface area contributed by atoms with Crippen molar-refractivity contribution in [2.24, 2.45) is 7.05 Å². The summed E-state index contributed by atoms with van der Waals surface area (Å²) in [5, 5.41) is 8.00. The maximum Gasteiger partial charge on any atom is 0.146 e.